The number of carbonyl (C=O) groups is 2. The molecular weight excluding hydrogens is 388 g/mol. The number of hydrogen-bond acceptors (Lipinski definition) is 3. The quantitative estimate of drug-likeness (QED) is 0.703. The second kappa shape index (κ2) is 6.19. The summed E-state index contributed by atoms with van der Waals surface area (Å²) in [5.74, 6) is 0.182. The van der Waals surface area contributed by atoms with E-state index in [4.69, 9.17) is 11.6 Å². The number of nitrogens with one attached hydrogen (secondary N) is 1. The summed E-state index contributed by atoms with van der Waals surface area (Å²) in [4.78, 5) is 28.2. The molecule has 6 nitrogen and oxygen atoms in total. The Bertz CT molecular complexity index is 1190. The van der Waals surface area contributed by atoms with Crippen LogP contribution in [-0.4, -0.2) is 28.1 Å². The Labute approximate surface area is 173 Å². The highest BCUT2D eigenvalue weighted by Crippen LogP contribution is 2.54. The molecule has 1 N–H and O–H groups in total. The summed E-state index contributed by atoms with van der Waals surface area (Å²) in [5, 5.41) is 8.01. The lowest BCUT2D eigenvalue weighted by Crippen LogP contribution is -2.46. The zero-order chi connectivity index (χ0) is 20.3. The summed E-state index contributed by atoms with van der Waals surface area (Å²) in [7, 11) is 0. The number of para-hydroxylation sites is 2. The predicted molar refractivity (Wildman–Crippen MR) is 112 cm³/mol. The fourth-order valence-corrected chi connectivity index (χ4v) is 4.87. The number of fused-ring (bicyclic) bond motifs is 4. The van der Waals surface area contributed by atoms with Crippen LogP contribution in [0.1, 0.15) is 30.0 Å². The van der Waals surface area contributed by atoms with Crippen LogP contribution >= 0.6 is 11.6 Å². The molecule has 146 valence electrons. The Kier molecular flexibility index (Phi) is 3.83. The first kappa shape index (κ1) is 17.9. The van der Waals surface area contributed by atoms with Crippen LogP contribution in [0.15, 0.2) is 48.7 Å². The van der Waals surface area contributed by atoms with Crippen LogP contribution in [0.4, 0.5) is 11.5 Å². The van der Waals surface area contributed by atoms with Gasteiger partial charge in [-0.3, -0.25) is 9.59 Å². The Morgan fingerprint density at radius 2 is 1.93 bits per heavy atom. The van der Waals surface area contributed by atoms with E-state index in [1.54, 1.807) is 21.8 Å². The lowest BCUT2D eigenvalue weighted by Gasteiger charge is -2.32. The Morgan fingerprint density at radius 1 is 1.14 bits per heavy atom. The summed E-state index contributed by atoms with van der Waals surface area (Å²) in [6, 6.07) is 13.3. The van der Waals surface area contributed by atoms with Gasteiger partial charge < -0.3 is 10.2 Å². The first-order chi connectivity index (χ1) is 14.0. The molecular formula is C22H19ClN4O2. The SMILES string of the molecule is CCN1C(=O)C2(CC(=O)Nc3c2cnn3-c2ccccc2C)c2cccc(Cl)c21. The van der Waals surface area contributed by atoms with Gasteiger partial charge in [0.1, 0.15) is 11.2 Å². The van der Waals surface area contributed by atoms with Crippen LogP contribution in [0.25, 0.3) is 5.69 Å². The number of halogens is 1. The van der Waals surface area contributed by atoms with Crippen LogP contribution < -0.4 is 10.2 Å². The van der Waals surface area contributed by atoms with E-state index in [0.717, 1.165) is 16.8 Å². The molecule has 2 aliphatic rings. The van der Waals surface area contributed by atoms with E-state index in [-0.39, 0.29) is 18.2 Å². The van der Waals surface area contributed by atoms with Gasteiger partial charge in [-0.15, -0.1) is 0 Å². The van der Waals surface area contributed by atoms with Gasteiger partial charge in [0, 0.05) is 18.5 Å². The molecule has 2 amide bonds. The van der Waals surface area contributed by atoms with E-state index in [2.05, 4.69) is 10.4 Å². The van der Waals surface area contributed by atoms with Gasteiger partial charge in [-0.1, -0.05) is 41.9 Å². The number of amides is 2. The summed E-state index contributed by atoms with van der Waals surface area (Å²) in [5.41, 5.74) is 2.90. The molecule has 2 aromatic carbocycles. The maximum absolute atomic E-state index is 13.7. The third-order valence-corrected chi connectivity index (χ3v) is 6.20. The number of rotatable bonds is 2. The van der Waals surface area contributed by atoms with E-state index >= 15 is 0 Å². The second-order valence-corrected chi connectivity index (χ2v) is 7.83. The zero-order valence-corrected chi connectivity index (χ0v) is 16.8. The number of aryl methyl sites for hydroxylation is 1. The molecule has 3 heterocycles. The molecule has 5 rings (SSSR count). The molecule has 0 saturated heterocycles. The van der Waals surface area contributed by atoms with Gasteiger partial charge in [0.05, 0.1) is 22.6 Å². The molecule has 0 aliphatic carbocycles. The van der Waals surface area contributed by atoms with Crippen molar-refractivity contribution in [3.63, 3.8) is 0 Å². The normalized spacial score (nSPS) is 20.0. The predicted octanol–water partition coefficient (Wildman–Crippen LogP) is 3.83. The summed E-state index contributed by atoms with van der Waals surface area (Å²) < 4.78 is 1.70. The van der Waals surface area contributed by atoms with Crippen LogP contribution in [0.2, 0.25) is 5.02 Å². The third-order valence-electron chi connectivity index (χ3n) is 5.90. The monoisotopic (exact) mass is 406 g/mol. The van der Waals surface area contributed by atoms with Crippen LogP contribution in [0.5, 0.6) is 0 Å². The van der Waals surface area contributed by atoms with Crippen LogP contribution in [0, 0.1) is 6.92 Å². The van der Waals surface area contributed by atoms with Gasteiger partial charge in [-0.25, -0.2) is 4.68 Å². The number of likely N-dealkylation sites (N-methyl/N-ethyl adjacent to an activating group) is 1. The van der Waals surface area contributed by atoms with Crippen molar-refractivity contribution >= 4 is 34.9 Å². The Balaban J connectivity index is 1.81. The highest BCUT2D eigenvalue weighted by atomic mass is 35.5. The second-order valence-electron chi connectivity index (χ2n) is 7.42. The Hall–Kier alpha value is -3.12. The van der Waals surface area contributed by atoms with E-state index in [9.17, 15) is 9.59 Å². The minimum Gasteiger partial charge on any atom is -0.310 e. The zero-order valence-electron chi connectivity index (χ0n) is 16.1. The molecule has 7 heteroatoms. The number of anilines is 2. The summed E-state index contributed by atoms with van der Waals surface area (Å²) in [6.07, 6.45) is 1.73. The van der Waals surface area contributed by atoms with E-state index in [0.29, 0.717) is 28.6 Å². The van der Waals surface area contributed by atoms with Crippen molar-refractivity contribution in [3.8, 4) is 5.69 Å². The fourth-order valence-electron chi connectivity index (χ4n) is 4.59. The molecule has 0 radical (unpaired) electrons. The number of hydrogen-bond donors (Lipinski definition) is 1. The van der Waals surface area contributed by atoms with Crippen molar-refractivity contribution in [2.75, 3.05) is 16.8 Å². The smallest absolute Gasteiger partial charge is 0.242 e. The number of carbonyl (C=O) groups excluding carboxylic acids is 2. The van der Waals surface area contributed by atoms with Crippen LogP contribution in [0.3, 0.4) is 0 Å². The first-order valence-corrected chi connectivity index (χ1v) is 9.92. The molecule has 2 aliphatic heterocycles. The highest BCUT2D eigenvalue weighted by Gasteiger charge is 2.57. The highest BCUT2D eigenvalue weighted by molar-refractivity contribution is 6.35. The minimum absolute atomic E-state index is 0.0299. The van der Waals surface area contributed by atoms with E-state index in [1.807, 2.05) is 50.2 Å². The van der Waals surface area contributed by atoms with Crippen molar-refractivity contribution in [2.24, 2.45) is 0 Å². The standard InChI is InChI=1S/C22H19ClN4O2/c1-3-26-19-14(8-6-9-16(19)23)22(21(26)29)11-18(28)25-20-15(22)12-24-27(20)17-10-5-4-7-13(17)2/h4-10,12H,3,11H2,1-2H3,(H,25,28). The van der Waals surface area contributed by atoms with Crippen molar-refractivity contribution in [2.45, 2.75) is 25.7 Å². The molecule has 1 atom stereocenters. The van der Waals surface area contributed by atoms with Crippen LogP contribution in [-0.2, 0) is 15.0 Å². The van der Waals surface area contributed by atoms with Gasteiger partial charge in [-0.2, -0.15) is 5.10 Å². The maximum Gasteiger partial charge on any atom is 0.242 e. The number of aromatic nitrogens is 2. The van der Waals surface area contributed by atoms with Crippen molar-refractivity contribution in [1.29, 1.82) is 0 Å². The molecule has 0 saturated carbocycles. The minimum atomic E-state index is -1.12. The molecule has 29 heavy (non-hydrogen) atoms. The molecule has 0 bridgehead atoms. The largest absolute Gasteiger partial charge is 0.310 e. The Morgan fingerprint density at radius 3 is 2.69 bits per heavy atom. The lowest BCUT2D eigenvalue weighted by molar-refractivity contribution is -0.126. The molecule has 0 fully saturated rings. The van der Waals surface area contributed by atoms with E-state index < -0.39 is 5.41 Å². The molecule has 1 aromatic heterocycles. The topological polar surface area (TPSA) is 67.2 Å². The third kappa shape index (κ3) is 2.26. The fraction of sp³-hybridized carbons (Fsp3) is 0.227. The van der Waals surface area contributed by atoms with Gasteiger partial charge in [0.25, 0.3) is 0 Å². The average molecular weight is 407 g/mol. The average Bonchev–Trinajstić information content (AvgIpc) is 3.22. The summed E-state index contributed by atoms with van der Waals surface area (Å²) in [6.45, 7) is 4.36. The van der Waals surface area contributed by atoms with Crippen molar-refractivity contribution < 1.29 is 9.59 Å². The van der Waals surface area contributed by atoms with Gasteiger partial charge in [0.15, 0.2) is 0 Å². The van der Waals surface area contributed by atoms with Gasteiger partial charge in [0.2, 0.25) is 11.8 Å². The number of benzene rings is 2. The lowest BCUT2D eigenvalue weighted by atomic mass is 9.72. The molecule has 1 unspecified atom stereocenters. The van der Waals surface area contributed by atoms with Crippen molar-refractivity contribution in [3.05, 3.63) is 70.4 Å². The first-order valence-electron chi connectivity index (χ1n) is 9.54. The van der Waals surface area contributed by atoms with Gasteiger partial charge in [-0.05, 0) is 37.1 Å². The summed E-state index contributed by atoms with van der Waals surface area (Å²) >= 11 is 6.48. The van der Waals surface area contributed by atoms with E-state index in [1.165, 1.54) is 0 Å². The maximum atomic E-state index is 13.7. The molecule has 1 spiro atoms. The van der Waals surface area contributed by atoms with Crippen molar-refractivity contribution in [1.82, 2.24) is 9.78 Å². The molecule has 3 aromatic rings. The van der Waals surface area contributed by atoms with Gasteiger partial charge >= 0.3 is 0 Å². The number of nitrogens with zero attached hydrogens (tertiary/aromatic N) is 3.